The number of anilines is 2. The first kappa shape index (κ1) is 8.35. The average Bonchev–Trinajstić information content (AvgIpc) is 2.51. The van der Waals surface area contributed by atoms with Gasteiger partial charge in [0.2, 0.25) is 0 Å². The Morgan fingerprint density at radius 2 is 2.31 bits per heavy atom. The van der Waals surface area contributed by atoms with Gasteiger partial charge < -0.3 is 10.6 Å². The van der Waals surface area contributed by atoms with Crippen LogP contribution in [0.2, 0.25) is 0 Å². The molecule has 0 aliphatic carbocycles. The molecule has 0 atom stereocenters. The van der Waals surface area contributed by atoms with E-state index in [2.05, 4.69) is 0 Å². The largest absolute Gasteiger partial charge is 0.398 e. The van der Waals surface area contributed by atoms with Gasteiger partial charge in [-0.3, -0.25) is 0 Å². The van der Waals surface area contributed by atoms with Crippen LogP contribution in [-0.4, -0.2) is 19.8 Å². The lowest BCUT2D eigenvalue weighted by molar-refractivity contribution is 0.493. The van der Waals surface area contributed by atoms with E-state index in [-0.39, 0.29) is 6.67 Å². The van der Waals surface area contributed by atoms with E-state index in [0.717, 1.165) is 24.3 Å². The molecule has 13 heavy (non-hydrogen) atoms. The Bertz CT molecular complexity index is 312. The monoisotopic (exact) mass is 180 g/mol. The number of rotatable bonds is 2. The van der Waals surface area contributed by atoms with Crippen molar-refractivity contribution in [1.82, 2.24) is 0 Å². The smallest absolute Gasteiger partial charge is 0.107 e. The van der Waals surface area contributed by atoms with Gasteiger partial charge >= 0.3 is 0 Å². The predicted octanol–water partition coefficient (Wildman–Crippen LogP) is 1.60. The Balaban J connectivity index is 2.32. The standard InChI is InChI=1S/C10H13FN2/c11-5-7-13-6-4-8-9(12)2-1-3-10(8)13/h1-3H,4-7,12H2. The Morgan fingerprint density at radius 3 is 3.08 bits per heavy atom. The van der Waals surface area contributed by atoms with Gasteiger partial charge in [0.15, 0.2) is 0 Å². The predicted molar refractivity (Wildman–Crippen MR) is 52.7 cm³/mol. The molecule has 0 fully saturated rings. The van der Waals surface area contributed by atoms with Crippen LogP contribution in [0.5, 0.6) is 0 Å². The second-order valence-corrected chi connectivity index (χ2v) is 3.27. The summed E-state index contributed by atoms with van der Waals surface area (Å²) in [5, 5.41) is 0. The molecule has 1 aromatic rings. The molecule has 0 spiro atoms. The van der Waals surface area contributed by atoms with E-state index in [4.69, 9.17) is 5.73 Å². The maximum absolute atomic E-state index is 12.2. The summed E-state index contributed by atoms with van der Waals surface area (Å²) in [6.07, 6.45) is 0.946. The van der Waals surface area contributed by atoms with Crippen molar-refractivity contribution in [3.05, 3.63) is 23.8 Å². The minimum atomic E-state index is -0.297. The summed E-state index contributed by atoms with van der Waals surface area (Å²) in [5.74, 6) is 0. The number of alkyl halides is 1. The highest BCUT2D eigenvalue weighted by Crippen LogP contribution is 2.31. The molecule has 3 heteroatoms. The number of nitrogen functional groups attached to an aromatic ring is 1. The van der Waals surface area contributed by atoms with E-state index >= 15 is 0 Å². The van der Waals surface area contributed by atoms with E-state index in [0.29, 0.717) is 6.54 Å². The van der Waals surface area contributed by atoms with Crippen molar-refractivity contribution in [2.75, 3.05) is 30.4 Å². The molecule has 2 N–H and O–H groups in total. The molecule has 0 bridgehead atoms. The van der Waals surface area contributed by atoms with Crippen LogP contribution in [0.4, 0.5) is 15.8 Å². The van der Waals surface area contributed by atoms with Crippen molar-refractivity contribution < 1.29 is 4.39 Å². The second-order valence-electron chi connectivity index (χ2n) is 3.27. The van der Waals surface area contributed by atoms with Gasteiger partial charge in [0.1, 0.15) is 6.67 Å². The van der Waals surface area contributed by atoms with Crippen LogP contribution >= 0.6 is 0 Å². The molecular weight excluding hydrogens is 167 g/mol. The first-order chi connectivity index (χ1) is 6.33. The summed E-state index contributed by atoms with van der Waals surface area (Å²) >= 11 is 0. The minimum absolute atomic E-state index is 0.297. The number of nitrogens with zero attached hydrogens (tertiary/aromatic N) is 1. The summed E-state index contributed by atoms with van der Waals surface area (Å²) < 4.78 is 12.2. The zero-order valence-electron chi connectivity index (χ0n) is 7.46. The van der Waals surface area contributed by atoms with Crippen LogP contribution in [0.3, 0.4) is 0 Å². The van der Waals surface area contributed by atoms with Gasteiger partial charge in [0.25, 0.3) is 0 Å². The number of nitrogens with two attached hydrogens (primary N) is 1. The van der Waals surface area contributed by atoms with Gasteiger partial charge in [-0.2, -0.15) is 0 Å². The van der Waals surface area contributed by atoms with Crippen LogP contribution in [0.15, 0.2) is 18.2 Å². The maximum atomic E-state index is 12.2. The van der Waals surface area contributed by atoms with Crippen molar-refractivity contribution in [2.24, 2.45) is 0 Å². The number of benzene rings is 1. The first-order valence-electron chi connectivity index (χ1n) is 4.51. The minimum Gasteiger partial charge on any atom is -0.398 e. The van der Waals surface area contributed by atoms with Crippen molar-refractivity contribution in [3.8, 4) is 0 Å². The van der Waals surface area contributed by atoms with E-state index in [1.165, 1.54) is 5.56 Å². The van der Waals surface area contributed by atoms with Crippen LogP contribution in [0.25, 0.3) is 0 Å². The highest BCUT2D eigenvalue weighted by atomic mass is 19.1. The molecule has 0 radical (unpaired) electrons. The lowest BCUT2D eigenvalue weighted by atomic mass is 10.1. The van der Waals surface area contributed by atoms with Crippen LogP contribution in [-0.2, 0) is 6.42 Å². The number of hydrogen-bond acceptors (Lipinski definition) is 2. The molecule has 0 aromatic heterocycles. The van der Waals surface area contributed by atoms with Crippen LogP contribution < -0.4 is 10.6 Å². The van der Waals surface area contributed by atoms with Crippen LogP contribution in [0.1, 0.15) is 5.56 Å². The summed E-state index contributed by atoms with van der Waals surface area (Å²) in [6.45, 7) is 1.08. The van der Waals surface area contributed by atoms with Gasteiger partial charge in [0, 0.05) is 30.0 Å². The normalized spacial score (nSPS) is 14.7. The second kappa shape index (κ2) is 3.24. The molecule has 0 unspecified atom stereocenters. The van der Waals surface area contributed by atoms with Crippen molar-refractivity contribution in [2.45, 2.75) is 6.42 Å². The number of fused-ring (bicyclic) bond motifs is 1. The summed E-state index contributed by atoms with van der Waals surface area (Å²) in [6, 6.07) is 5.83. The fraction of sp³-hybridized carbons (Fsp3) is 0.400. The quantitative estimate of drug-likeness (QED) is 0.700. The van der Waals surface area contributed by atoms with E-state index in [9.17, 15) is 4.39 Å². The third-order valence-electron chi connectivity index (χ3n) is 2.51. The highest BCUT2D eigenvalue weighted by Gasteiger charge is 2.19. The third kappa shape index (κ3) is 1.34. The topological polar surface area (TPSA) is 29.3 Å². The SMILES string of the molecule is Nc1cccc2c1CCN2CCF. The Kier molecular flexibility index (Phi) is 2.08. The molecule has 0 amide bonds. The van der Waals surface area contributed by atoms with E-state index in [1.54, 1.807) is 0 Å². The van der Waals surface area contributed by atoms with Gasteiger partial charge in [0.05, 0.1) is 0 Å². The summed E-state index contributed by atoms with van der Waals surface area (Å²) in [5.41, 5.74) is 8.93. The molecule has 1 aliphatic heterocycles. The molecule has 1 aliphatic rings. The van der Waals surface area contributed by atoms with Gasteiger partial charge in [-0.15, -0.1) is 0 Å². The number of halogens is 1. The van der Waals surface area contributed by atoms with Gasteiger partial charge in [-0.05, 0) is 18.6 Å². The summed E-state index contributed by atoms with van der Waals surface area (Å²) in [4.78, 5) is 2.05. The maximum Gasteiger partial charge on any atom is 0.107 e. The fourth-order valence-electron chi connectivity index (χ4n) is 1.86. The Hall–Kier alpha value is -1.25. The molecule has 70 valence electrons. The molecular formula is C10H13FN2. The molecule has 1 heterocycles. The third-order valence-corrected chi connectivity index (χ3v) is 2.51. The lowest BCUT2D eigenvalue weighted by Gasteiger charge is -2.17. The highest BCUT2D eigenvalue weighted by molar-refractivity contribution is 5.68. The lowest BCUT2D eigenvalue weighted by Crippen LogP contribution is -2.22. The van der Waals surface area contributed by atoms with Crippen molar-refractivity contribution in [1.29, 1.82) is 0 Å². The average molecular weight is 180 g/mol. The van der Waals surface area contributed by atoms with E-state index in [1.807, 2.05) is 23.1 Å². The van der Waals surface area contributed by atoms with Gasteiger partial charge in [-0.25, -0.2) is 4.39 Å². The van der Waals surface area contributed by atoms with E-state index < -0.39 is 0 Å². The zero-order valence-corrected chi connectivity index (χ0v) is 7.46. The van der Waals surface area contributed by atoms with Crippen molar-refractivity contribution in [3.63, 3.8) is 0 Å². The van der Waals surface area contributed by atoms with Crippen molar-refractivity contribution >= 4 is 11.4 Å². The summed E-state index contributed by atoms with van der Waals surface area (Å²) in [7, 11) is 0. The fourth-order valence-corrected chi connectivity index (χ4v) is 1.86. The molecule has 1 aromatic carbocycles. The molecule has 2 rings (SSSR count). The Labute approximate surface area is 77.2 Å². The molecule has 0 saturated carbocycles. The Morgan fingerprint density at radius 1 is 1.46 bits per heavy atom. The first-order valence-corrected chi connectivity index (χ1v) is 4.51. The molecule has 2 nitrogen and oxygen atoms in total. The van der Waals surface area contributed by atoms with Gasteiger partial charge in [-0.1, -0.05) is 6.07 Å². The molecule has 0 saturated heterocycles. The van der Waals surface area contributed by atoms with Crippen LogP contribution in [0, 0.1) is 0 Å². The zero-order chi connectivity index (χ0) is 9.26. The number of hydrogen-bond donors (Lipinski definition) is 1.